The molecule has 2 heterocycles. The van der Waals surface area contributed by atoms with E-state index in [2.05, 4.69) is 39.8 Å². The van der Waals surface area contributed by atoms with Gasteiger partial charge in [0, 0.05) is 0 Å². The number of ether oxygens (including phenoxy) is 2. The Hall–Kier alpha value is -0.900. The van der Waals surface area contributed by atoms with Gasteiger partial charge >= 0.3 is 0 Å². The lowest BCUT2D eigenvalue weighted by Gasteiger charge is -2.19. The van der Waals surface area contributed by atoms with Crippen molar-refractivity contribution in [2.75, 3.05) is 6.61 Å². The van der Waals surface area contributed by atoms with Gasteiger partial charge in [0.2, 0.25) is 0 Å². The number of hydrogen-bond acceptors (Lipinski definition) is 3. The molecule has 4 unspecified atom stereocenters. The second kappa shape index (κ2) is 6.54. The Morgan fingerprint density at radius 2 is 2.00 bits per heavy atom. The van der Waals surface area contributed by atoms with Crippen LogP contribution in [0.1, 0.15) is 59.8 Å². The second-order valence-electron chi connectivity index (χ2n) is 7.75. The zero-order chi connectivity index (χ0) is 16.6. The summed E-state index contributed by atoms with van der Waals surface area (Å²) in [5.41, 5.74) is 4.90. The lowest BCUT2D eigenvalue weighted by atomic mass is 9.91. The van der Waals surface area contributed by atoms with Gasteiger partial charge in [-0.3, -0.25) is 0 Å². The highest BCUT2D eigenvalue weighted by Crippen LogP contribution is 2.44. The number of aliphatic hydroxyl groups is 1. The summed E-state index contributed by atoms with van der Waals surface area (Å²) in [7, 11) is 0. The molecule has 128 valence electrons. The average molecular weight is 318 g/mol. The minimum atomic E-state index is -0.439. The first-order valence-electron chi connectivity index (χ1n) is 8.89. The van der Waals surface area contributed by atoms with E-state index >= 15 is 0 Å². The fourth-order valence-electron chi connectivity index (χ4n) is 3.92. The maximum atomic E-state index is 10.7. The molecule has 0 amide bonds. The molecule has 3 rings (SSSR count). The molecule has 0 spiro atoms. The molecule has 1 fully saturated rings. The van der Waals surface area contributed by atoms with Gasteiger partial charge in [0.1, 0.15) is 6.10 Å². The number of hydrogen-bond donors (Lipinski definition) is 1. The van der Waals surface area contributed by atoms with Gasteiger partial charge in [-0.15, -0.1) is 0 Å². The zero-order valence-electron chi connectivity index (χ0n) is 14.9. The van der Waals surface area contributed by atoms with Gasteiger partial charge in [-0.05, 0) is 70.9 Å². The number of rotatable bonds is 0. The third-order valence-electron chi connectivity index (χ3n) is 5.56. The second-order valence-corrected chi connectivity index (χ2v) is 7.75. The summed E-state index contributed by atoms with van der Waals surface area (Å²) in [4.78, 5) is 0. The summed E-state index contributed by atoms with van der Waals surface area (Å²) in [5, 5.41) is 10.7. The molecule has 0 saturated carbocycles. The minimum absolute atomic E-state index is 0.0608. The number of epoxide rings is 1. The highest BCUT2D eigenvalue weighted by atomic mass is 16.6. The van der Waals surface area contributed by atoms with Crippen molar-refractivity contribution >= 4 is 0 Å². The predicted molar refractivity (Wildman–Crippen MR) is 92.3 cm³/mol. The molecule has 4 atom stereocenters. The molecule has 3 aliphatic rings. The first-order chi connectivity index (χ1) is 10.9. The van der Waals surface area contributed by atoms with E-state index in [1.165, 1.54) is 16.7 Å². The summed E-state index contributed by atoms with van der Waals surface area (Å²) in [5.74, 6) is 0. The van der Waals surface area contributed by atoms with Crippen molar-refractivity contribution in [2.45, 2.75) is 83.7 Å². The zero-order valence-corrected chi connectivity index (χ0v) is 14.9. The molecule has 1 aliphatic carbocycles. The van der Waals surface area contributed by atoms with E-state index in [-0.39, 0.29) is 11.7 Å². The SMILES string of the molecule is CC1=CC2OCC(C)=C2C(O)CC(C)=CCCC2(C)OC2CC1. The van der Waals surface area contributed by atoms with Crippen LogP contribution in [-0.4, -0.2) is 35.6 Å². The maximum Gasteiger partial charge on any atom is 0.100 e. The number of fused-ring (bicyclic) bond motifs is 2. The van der Waals surface area contributed by atoms with Crippen molar-refractivity contribution in [3.8, 4) is 0 Å². The van der Waals surface area contributed by atoms with Crippen LogP contribution in [0, 0.1) is 0 Å². The van der Waals surface area contributed by atoms with Crippen LogP contribution in [-0.2, 0) is 9.47 Å². The Labute approximate surface area is 140 Å². The van der Waals surface area contributed by atoms with Crippen molar-refractivity contribution in [1.29, 1.82) is 0 Å². The van der Waals surface area contributed by atoms with Crippen LogP contribution in [0.2, 0.25) is 0 Å². The van der Waals surface area contributed by atoms with Crippen LogP contribution in [0.4, 0.5) is 0 Å². The summed E-state index contributed by atoms with van der Waals surface area (Å²) in [6, 6.07) is 0. The van der Waals surface area contributed by atoms with Crippen molar-refractivity contribution in [3.63, 3.8) is 0 Å². The number of aliphatic hydroxyl groups excluding tert-OH is 1. The fourth-order valence-corrected chi connectivity index (χ4v) is 3.92. The minimum Gasteiger partial charge on any atom is -0.388 e. The van der Waals surface area contributed by atoms with Crippen molar-refractivity contribution in [1.82, 2.24) is 0 Å². The van der Waals surface area contributed by atoms with Crippen LogP contribution in [0.15, 0.2) is 34.4 Å². The molecule has 2 aliphatic heterocycles. The van der Waals surface area contributed by atoms with Crippen molar-refractivity contribution in [3.05, 3.63) is 34.4 Å². The molecule has 23 heavy (non-hydrogen) atoms. The van der Waals surface area contributed by atoms with Crippen LogP contribution in [0.25, 0.3) is 0 Å². The first kappa shape index (κ1) is 16.9. The van der Waals surface area contributed by atoms with E-state index in [9.17, 15) is 5.11 Å². The fraction of sp³-hybridized carbons (Fsp3) is 0.700. The summed E-state index contributed by atoms with van der Waals surface area (Å²) in [6.07, 6.45) is 9.26. The Balaban J connectivity index is 1.82. The van der Waals surface area contributed by atoms with Crippen molar-refractivity contribution in [2.24, 2.45) is 0 Å². The topological polar surface area (TPSA) is 42.0 Å². The van der Waals surface area contributed by atoms with Crippen molar-refractivity contribution < 1.29 is 14.6 Å². The van der Waals surface area contributed by atoms with E-state index in [4.69, 9.17) is 9.47 Å². The lowest BCUT2D eigenvalue weighted by molar-refractivity contribution is 0.127. The summed E-state index contributed by atoms with van der Waals surface area (Å²) < 4.78 is 11.8. The molecule has 0 aromatic rings. The molecule has 0 radical (unpaired) electrons. The standard InChI is InChI=1S/C20H30O3/c1-13-6-5-9-20(4)18(23-20)8-7-14(2)11-17-19(16(21)10-13)15(3)12-22-17/h6,11,16-18,21H,5,7-10,12H2,1-4H3. The Morgan fingerprint density at radius 1 is 1.22 bits per heavy atom. The van der Waals surface area contributed by atoms with Gasteiger partial charge in [0.05, 0.1) is 24.4 Å². The normalized spacial score (nSPS) is 39.1. The highest BCUT2D eigenvalue weighted by molar-refractivity contribution is 5.32. The molecule has 0 aromatic carbocycles. The molecular formula is C20H30O3. The molecule has 3 heteroatoms. The summed E-state index contributed by atoms with van der Waals surface area (Å²) >= 11 is 0. The molecular weight excluding hydrogens is 288 g/mol. The molecule has 0 bridgehead atoms. The van der Waals surface area contributed by atoms with Crippen LogP contribution >= 0.6 is 0 Å². The van der Waals surface area contributed by atoms with Gasteiger partial charge in [0.15, 0.2) is 0 Å². The van der Waals surface area contributed by atoms with E-state index in [1.54, 1.807) is 0 Å². The number of allylic oxidation sites excluding steroid dienone is 2. The van der Waals surface area contributed by atoms with E-state index in [0.717, 1.165) is 31.3 Å². The third-order valence-corrected chi connectivity index (χ3v) is 5.56. The maximum absolute atomic E-state index is 10.7. The monoisotopic (exact) mass is 318 g/mol. The van der Waals surface area contributed by atoms with Crippen LogP contribution in [0.3, 0.4) is 0 Å². The Kier molecular flexibility index (Phi) is 4.82. The van der Waals surface area contributed by atoms with Gasteiger partial charge < -0.3 is 14.6 Å². The molecule has 0 aromatic heterocycles. The van der Waals surface area contributed by atoms with Crippen LogP contribution < -0.4 is 0 Å². The van der Waals surface area contributed by atoms with Crippen LogP contribution in [0.5, 0.6) is 0 Å². The van der Waals surface area contributed by atoms with E-state index in [0.29, 0.717) is 19.1 Å². The van der Waals surface area contributed by atoms with E-state index < -0.39 is 6.10 Å². The van der Waals surface area contributed by atoms with Gasteiger partial charge in [-0.25, -0.2) is 0 Å². The quantitative estimate of drug-likeness (QED) is 0.540. The molecule has 1 saturated heterocycles. The largest absolute Gasteiger partial charge is 0.388 e. The predicted octanol–water partition coefficient (Wildman–Crippen LogP) is 4.08. The lowest BCUT2D eigenvalue weighted by Crippen LogP contribution is -2.20. The van der Waals surface area contributed by atoms with Gasteiger partial charge in [0.25, 0.3) is 0 Å². The Bertz CT molecular complexity index is 557. The van der Waals surface area contributed by atoms with Gasteiger partial charge in [-0.1, -0.05) is 23.3 Å². The Morgan fingerprint density at radius 3 is 2.78 bits per heavy atom. The molecule has 1 N–H and O–H groups in total. The molecule has 3 nitrogen and oxygen atoms in total. The highest BCUT2D eigenvalue weighted by Gasteiger charge is 2.50. The first-order valence-corrected chi connectivity index (χ1v) is 8.89. The summed E-state index contributed by atoms with van der Waals surface area (Å²) in [6.45, 7) is 9.22. The van der Waals surface area contributed by atoms with Gasteiger partial charge in [-0.2, -0.15) is 0 Å². The van der Waals surface area contributed by atoms with E-state index in [1.807, 2.05) is 0 Å². The average Bonchev–Trinajstić information content (AvgIpc) is 2.97. The third kappa shape index (κ3) is 3.78. The smallest absolute Gasteiger partial charge is 0.100 e.